The summed E-state index contributed by atoms with van der Waals surface area (Å²) >= 11 is 6.66. The van der Waals surface area contributed by atoms with Crippen molar-refractivity contribution < 1.29 is 37.4 Å². The lowest BCUT2D eigenvalue weighted by molar-refractivity contribution is -0.135. The Labute approximate surface area is 308 Å². The Bertz CT molecular complexity index is 2100. The Balaban J connectivity index is 1.49. The highest BCUT2D eigenvalue weighted by Crippen LogP contribution is 2.47. The maximum atomic E-state index is 16.4. The van der Waals surface area contributed by atoms with Gasteiger partial charge >= 0.3 is 18.7 Å². The van der Waals surface area contributed by atoms with Crippen LogP contribution in [0.2, 0.25) is 5.02 Å². The van der Waals surface area contributed by atoms with Gasteiger partial charge < -0.3 is 15.2 Å². The van der Waals surface area contributed by atoms with Gasteiger partial charge in [0, 0.05) is 40.1 Å². The Morgan fingerprint density at radius 3 is 2.51 bits per heavy atom. The number of aryl methyl sites for hydroxylation is 1. The van der Waals surface area contributed by atoms with Crippen molar-refractivity contribution in [3.05, 3.63) is 94.7 Å². The minimum atomic E-state index is -2.90. The summed E-state index contributed by atoms with van der Waals surface area (Å²) in [5.74, 6) is -2.11. The van der Waals surface area contributed by atoms with E-state index in [0.29, 0.717) is 26.5 Å². The van der Waals surface area contributed by atoms with Crippen LogP contribution in [0.5, 0.6) is 0 Å². The number of rotatable bonds is 10. The zero-order valence-corrected chi connectivity index (χ0v) is 30.0. The van der Waals surface area contributed by atoms with Crippen molar-refractivity contribution in [3.63, 3.8) is 0 Å². The number of alkyl halides is 2. The number of carbonyl (C=O) groups excluding carboxylic acids is 2. The second-order valence-electron chi connectivity index (χ2n) is 14.3. The Morgan fingerprint density at radius 1 is 1.13 bits per heavy atom. The molecular formula is C37H37ClF3N7O5. The number of halogens is 4. The number of nitrogens with zero attached hydrogens (tertiary/aromatic N) is 5. The summed E-state index contributed by atoms with van der Waals surface area (Å²) in [5.41, 5.74) is -0.212. The van der Waals surface area contributed by atoms with Crippen LogP contribution < -0.4 is 10.6 Å². The first-order valence-electron chi connectivity index (χ1n) is 16.8. The number of aliphatic imine (C=N–C) groups is 1. The lowest BCUT2D eigenvalue weighted by atomic mass is 9.75. The molecule has 0 unspecified atom stereocenters. The van der Waals surface area contributed by atoms with E-state index in [-0.39, 0.29) is 29.2 Å². The molecule has 1 saturated carbocycles. The molecule has 6 rings (SSSR count). The fourth-order valence-corrected chi connectivity index (χ4v) is 6.64. The molecule has 12 nitrogen and oxygen atoms in total. The number of aromatic nitrogens is 3. The standard InChI is InChI=1S/C37H37ClF3N7O5/c1-20-6-5-13-42-30(20)25-14-22(8-12-27(25)38)29(18-53-35(52)44-24-9-10-24)48-31(49)37(19-36(2,3)4,46-33(48)45-34(50)51)26-11-7-21(15-28(26)39)23-16-43-47(17-23)32(40)41/h5-8,11-17,24,29,32H,9-10,18-19H2,1-4H3,(H,44,52)(H,45,46)(H,50,51)/t29-,37-/m1/s1. The number of benzene rings is 2. The lowest BCUT2D eigenvalue weighted by Gasteiger charge is -2.35. The molecule has 1 aliphatic carbocycles. The molecule has 0 radical (unpaired) electrons. The van der Waals surface area contributed by atoms with Gasteiger partial charge in [-0.15, -0.1) is 0 Å². The summed E-state index contributed by atoms with van der Waals surface area (Å²) in [6.07, 6.45) is 3.04. The molecule has 1 fully saturated rings. The van der Waals surface area contributed by atoms with Crippen LogP contribution >= 0.6 is 11.6 Å². The van der Waals surface area contributed by atoms with Crippen molar-refractivity contribution >= 4 is 35.7 Å². The van der Waals surface area contributed by atoms with Crippen molar-refractivity contribution in [1.29, 1.82) is 0 Å². The number of nitrogens with one attached hydrogen (secondary N) is 2. The normalized spacial score (nSPS) is 17.9. The van der Waals surface area contributed by atoms with Gasteiger partial charge in [-0.05, 0) is 72.6 Å². The maximum Gasteiger partial charge on any atom is 0.411 e. The van der Waals surface area contributed by atoms with Crippen LogP contribution in [0, 0.1) is 18.2 Å². The molecule has 0 saturated heterocycles. The molecule has 53 heavy (non-hydrogen) atoms. The zero-order valence-electron chi connectivity index (χ0n) is 29.2. The van der Waals surface area contributed by atoms with Crippen LogP contribution in [0.15, 0.2) is 72.1 Å². The Morgan fingerprint density at radius 2 is 1.89 bits per heavy atom. The van der Waals surface area contributed by atoms with Crippen molar-refractivity contribution in [3.8, 4) is 22.4 Å². The van der Waals surface area contributed by atoms with Gasteiger partial charge in [0.25, 0.3) is 5.91 Å². The fourth-order valence-electron chi connectivity index (χ4n) is 6.44. The highest BCUT2D eigenvalue weighted by molar-refractivity contribution is 6.33. The quantitative estimate of drug-likeness (QED) is 0.149. The minimum absolute atomic E-state index is 0.0375. The third-order valence-corrected chi connectivity index (χ3v) is 9.20. The van der Waals surface area contributed by atoms with Crippen LogP contribution in [0.3, 0.4) is 0 Å². The van der Waals surface area contributed by atoms with Gasteiger partial charge in [-0.2, -0.15) is 13.9 Å². The highest BCUT2D eigenvalue weighted by atomic mass is 35.5. The molecule has 3 amide bonds. The van der Waals surface area contributed by atoms with Crippen LogP contribution in [-0.2, 0) is 15.1 Å². The molecule has 1 aliphatic heterocycles. The third-order valence-electron chi connectivity index (χ3n) is 8.87. The molecule has 3 heterocycles. The predicted molar refractivity (Wildman–Crippen MR) is 190 cm³/mol. The van der Waals surface area contributed by atoms with Crippen LogP contribution in [0.1, 0.15) is 69.3 Å². The number of alkyl carbamates (subject to hydrolysis) is 1. The number of hydrogen-bond acceptors (Lipinski definition) is 7. The van der Waals surface area contributed by atoms with Crippen molar-refractivity contribution in [2.24, 2.45) is 10.4 Å². The number of amides is 3. The molecule has 2 aliphatic rings. The lowest BCUT2D eigenvalue weighted by Crippen LogP contribution is -2.49. The Kier molecular flexibility index (Phi) is 10.2. The Hall–Kier alpha value is -5.44. The van der Waals surface area contributed by atoms with E-state index in [9.17, 15) is 23.5 Å². The van der Waals surface area contributed by atoms with Gasteiger partial charge in [-0.1, -0.05) is 56.6 Å². The van der Waals surface area contributed by atoms with Crippen molar-refractivity contribution in [2.45, 2.75) is 71.1 Å². The average molecular weight is 752 g/mol. The van der Waals surface area contributed by atoms with Crippen LogP contribution in [-0.4, -0.2) is 61.5 Å². The summed E-state index contributed by atoms with van der Waals surface area (Å²) in [5, 5.41) is 18.9. The van der Waals surface area contributed by atoms with Crippen molar-refractivity contribution in [1.82, 2.24) is 30.3 Å². The zero-order chi connectivity index (χ0) is 38.2. The van der Waals surface area contributed by atoms with Gasteiger partial charge in [0.1, 0.15) is 12.4 Å². The SMILES string of the molecule is Cc1cccnc1-c1cc([C@@H](COC(=O)NC2CC2)N2C(=O)[C@@](CC(C)(C)C)(c3ccc(-c4cnn(C(F)F)c4)cc3F)N=C2NC(=O)O)ccc1Cl. The number of hydrogen-bond donors (Lipinski definition) is 3. The number of carbonyl (C=O) groups is 3. The molecule has 278 valence electrons. The molecule has 2 atom stereocenters. The van der Waals surface area contributed by atoms with E-state index in [0.717, 1.165) is 41.8 Å². The molecule has 2 aromatic carbocycles. The molecule has 3 N–H and O–H groups in total. The van der Waals surface area contributed by atoms with E-state index >= 15 is 9.18 Å². The number of ether oxygens (including phenoxy) is 1. The van der Waals surface area contributed by atoms with E-state index in [4.69, 9.17) is 16.3 Å². The number of carboxylic acid groups (broad SMARTS) is 1. The van der Waals surface area contributed by atoms with Gasteiger partial charge in [0.05, 0.1) is 17.9 Å². The first-order chi connectivity index (χ1) is 25.1. The fraction of sp³-hybridized carbons (Fsp3) is 0.351. The first kappa shape index (κ1) is 37.3. The predicted octanol–water partition coefficient (Wildman–Crippen LogP) is 7.84. The molecule has 2 aromatic heterocycles. The largest absolute Gasteiger partial charge is 0.465 e. The summed E-state index contributed by atoms with van der Waals surface area (Å²) in [4.78, 5) is 50.4. The van der Waals surface area contributed by atoms with E-state index in [2.05, 4.69) is 25.7 Å². The molecule has 0 bridgehead atoms. The molecule has 0 spiro atoms. The minimum Gasteiger partial charge on any atom is -0.465 e. The second-order valence-corrected chi connectivity index (χ2v) is 14.7. The number of guanidine groups is 1. The summed E-state index contributed by atoms with van der Waals surface area (Å²) in [7, 11) is 0. The van der Waals surface area contributed by atoms with Gasteiger partial charge in [-0.25, -0.2) is 23.7 Å². The molecule has 4 aromatic rings. The topological polar surface area (TPSA) is 151 Å². The average Bonchev–Trinajstić information content (AvgIpc) is 3.67. The highest BCUT2D eigenvalue weighted by Gasteiger charge is 2.55. The van der Waals surface area contributed by atoms with E-state index in [1.807, 2.05) is 33.8 Å². The van der Waals surface area contributed by atoms with E-state index in [1.54, 1.807) is 30.5 Å². The maximum absolute atomic E-state index is 16.4. The van der Waals surface area contributed by atoms with E-state index in [1.165, 1.54) is 12.1 Å². The van der Waals surface area contributed by atoms with Gasteiger partial charge in [-0.3, -0.25) is 20.0 Å². The van der Waals surface area contributed by atoms with Crippen molar-refractivity contribution in [2.75, 3.05) is 6.61 Å². The summed E-state index contributed by atoms with van der Waals surface area (Å²) < 4.78 is 49.0. The van der Waals surface area contributed by atoms with Crippen LogP contribution in [0.4, 0.5) is 22.8 Å². The molecular weight excluding hydrogens is 715 g/mol. The summed E-state index contributed by atoms with van der Waals surface area (Å²) in [6, 6.07) is 11.1. The third kappa shape index (κ3) is 7.99. The smallest absolute Gasteiger partial charge is 0.411 e. The van der Waals surface area contributed by atoms with Gasteiger partial charge in [0.15, 0.2) is 5.54 Å². The second kappa shape index (κ2) is 14.5. The monoisotopic (exact) mass is 751 g/mol. The summed E-state index contributed by atoms with van der Waals surface area (Å²) in [6.45, 7) is 3.96. The van der Waals surface area contributed by atoms with Crippen LogP contribution in [0.25, 0.3) is 22.4 Å². The number of pyridine rings is 1. The van der Waals surface area contributed by atoms with E-state index < -0.39 is 60.0 Å². The van der Waals surface area contributed by atoms with Gasteiger partial charge in [0.2, 0.25) is 5.96 Å². The first-order valence-corrected chi connectivity index (χ1v) is 17.1. The molecule has 16 heteroatoms.